The molecule has 0 radical (unpaired) electrons. The fraction of sp³-hybridized carbons (Fsp3) is 0.435. The topological polar surface area (TPSA) is 89.0 Å². The Bertz CT molecular complexity index is 928. The summed E-state index contributed by atoms with van der Waals surface area (Å²) in [6, 6.07) is 15.3. The summed E-state index contributed by atoms with van der Waals surface area (Å²) >= 11 is 0. The van der Waals surface area contributed by atoms with Gasteiger partial charge in [-0.2, -0.15) is 0 Å². The third-order valence-electron chi connectivity index (χ3n) is 4.52. The molecule has 2 aromatic rings. The Morgan fingerprint density at radius 1 is 1.03 bits per heavy atom. The van der Waals surface area contributed by atoms with Crippen LogP contribution in [0.25, 0.3) is 0 Å². The van der Waals surface area contributed by atoms with Crippen molar-refractivity contribution >= 4 is 15.8 Å². The fourth-order valence-corrected chi connectivity index (χ4v) is 3.78. The van der Waals surface area contributed by atoms with Gasteiger partial charge >= 0.3 is 0 Å². The first-order valence-corrected chi connectivity index (χ1v) is 12.4. The van der Waals surface area contributed by atoms with Gasteiger partial charge < -0.3 is 20.1 Å². The molecule has 0 amide bonds. The molecule has 0 bridgehead atoms. The Hall–Kier alpha value is -2.58. The summed E-state index contributed by atoms with van der Waals surface area (Å²) in [4.78, 5) is 4.68. The number of benzene rings is 2. The monoisotopic (exact) mass is 447 g/mol. The number of guanidine groups is 1. The van der Waals surface area contributed by atoms with E-state index in [0.717, 1.165) is 35.4 Å². The lowest BCUT2D eigenvalue weighted by molar-refractivity contribution is 0.145. The predicted molar refractivity (Wildman–Crippen MR) is 125 cm³/mol. The molecular weight excluding hydrogens is 414 g/mol. The second-order valence-corrected chi connectivity index (χ2v) is 9.32. The minimum absolute atomic E-state index is 0.0188. The standard InChI is InChI=1S/C23H33N3O4S/c1-4-30-15-7-14-24-23(25-16-19-10-12-22(29-2)13-11-19)26-17-20-8-5-6-9-21(20)18-31(3,27)28/h5-6,8-13H,4,7,14-18H2,1-3H3,(H2,24,25,26). The molecule has 0 aliphatic carbocycles. The lowest BCUT2D eigenvalue weighted by Crippen LogP contribution is -2.38. The Balaban J connectivity index is 2.05. The summed E-state index contributed by atoms with van der Waals surface area (Å²) in [5.74, 6) is 1.49. The molecule has 0 unspecified atom stereocenters. The van der Waals surface area contributed by atoms with Crippen molar-refractivity contribution in [1.82, 2.24) is 10.6 Å². The van der Waals surface area contributed by atoms with Crippen molar-refractivity contribution in [3.63, 3.8) is 0 Å². The number of aliphatic imine (C=N–C) groups is 1. The lowest BCUT2D eigenvalue weighted by Gasteiger charge is -2.15. The zero-order valence-corrected chi connectivity index (χ0v) is 19.4. The van der Waals surface area contributed by atoms with Crippen LogP contribution in [0.15, 0.2) is 53.5 Å². The molecule has 0 spiro atoms. The minimum atomic E-state index is -3.11. The molecule has 0 aliphatic heterocycles. The number of methoxy groups -OCH3 is 1. The van der Waals surface area contributed by atoms with E-state index in [9.17, 15) is 8.42 Å². The average Bonchev–Trinajstić information content (AvgIpc) is 2.75. The fourth-order valence-electron chi connectivity index (χ4n) is 2.93. The molecule has 2 N–H and O–H groups in total. The molecule has 0 fully saturated rings. The molecule has 0 atom stereocenters. The lowest BCUT2D eigenvalue weighted by atomic mass is 10.1. The number of rotatable bonds is 12. The molecule has 2 rings (SSSR count). The summed E-state index contributed by atoms with van der Waals surface area (Å²) in [6.45, 7) is 5.08. The van der Waals surface area contributed by atoms with Crippen molar-refractivity contribution in [2.24, 2.45) is 4.99 Å². The van der Waals surface area contributed by atoms with Gasteiger partial charge in [-0.25, -0.2) is 13.4 Å². The van der Waals surface area contributed by atoms with E-state index in [0.29, 0.717) is 32.3 Å². The molecule has 0 saturated carbocycles. The molecule has 0 aliphatic rings. The largest absolute Gasteiger partial charge is 0.497 e. The van der Waals surface area contributed by atoms with Crippen LogP contribution in [0.1, 0.15) is 30.0 Å². The van der Waals surface area contributed by atoms with Crippen molar-refractivity contribution in [1.29, 1.82) is 0 Å². The van der Waals surface area contributed by atoms with Crippen LogP contribution in [0, 0.1) is 0 Å². The van der Waals surface area contributed by atoms with Crippen LogP contribution in [0.2, 0.25) is 0 Å². The third-order valence-corrected chi connectivity index (χ3v) is 5.36. The van der Waals surface area contributed by atoms with E-state index < -0.39 is 9.84 Å². The molecule has 31 heavy (non-hydrogen) atoms. The van der Waals surface area contributed by atoms with Gasteiger partial charge in [0, 0.05) is 32.6 Å². The average molecular weight is 448 g/mol. The van der Waals surface area contributed by atoms with Gasteiger partial charge in [-0.15, -0.1) is 0 Å². The zero-order valence-electron chi connectivity index (χ0n) is 18.6. The van der Waals surface area contributed by atoms with Gasteiger partial charge in [-0.1, -0.05) is 36.4 Å². The van der Waals surface area contributed by atoms with Crippen LogP contribution in [0.5, 0.6) is 5.75 Å². The quantitative estimate of drug-likeness (QED) is 0.295. The number of sulfone groups is 1. The van der Waals surface area contributed by atoms with Gasteiger partial charge in [-0.3, -0.25) is 0 Å². The second-order valence-electron chi connectivity index (χ2n) is 7.18. The number of ether oxygens (including phenoxy) is 2. The maximum Gasteiger partial charge on any atom is 0.191 e. The van der Waals surface area contributed by atoms with Crippen molar-refractivity contribution < 1.29 is 17.9 Å². The van der Waals surface area contributed by atoms with Gasteiger partial charge in [0.1, 0.15) is 5.75 Å². The maximum absolute atomic E-state index is 11.7. The highest BCUT2D eigenvalue weighted by Crippen LogP contribution is 2.13. The summed E-state index contributed by atoms with van der Waals surface area (Å²) < 4.78 is 34.1. The molecule has 170 valence electrons. The van der Waals surface area contributed by atoms with Crippen molar-refractivity contribution in [2.45, 2.75) is 32.2 Å². The number of hydrogen-bond acceptors (Lipinski definition) is 5. The molecular formula is C23H33N3O4S. The first-order chi connectivity index (χ1) is 14.9. The molecule has 0 saturated heterocycles. The SMILES string of the molecule is CCOCCCNC(=NCc1ccc(OC)cc1)NCc1ccccc1CS(C)(=O)=O. The van der Waals surface area contributed by atoms with Crippen LogP contribution in [-0.4, -0.2) is 47.5 Å². The first kappa shape index (κ1) is 24.7. The van der Waals surface area contributed by atoms with Gasteiger partial charge in [0.05, 0.1) is 19.4 Å². The van der Waals surface area contributed by atoms with E-state index in [1.165, 1.54) is 6.26 Å². The normalized spacial score (nSPS) is 11.9. The van der Waals surface area contributed by atoms with Crippen LogP contribution < -0.4 is 15.4 Å². The van der Waals surface area contributed by atoms with Crippen molar-refractivity contribution in [3.8, 4) is 5.75 Å². The van der Waals surface area contributed by atoms with Crippen molar-refractivity contribution in [3.05, 3.63) is 65.2 Å². The first-order valence-electron chi connectivity index (χ1n) is 10.4. The summed E-state index contributed by atoms with van der Waals surface area (Å²) in [5.41, 5.74) is 2.79. The van der Waals surface area contributed by atoms with Crippen LogP contribution in [0.4, 0.5) is 0 Å². The highest BCUT2D eigenvalue weighted by atomic mass is 32.2. The molecule has 0 heterocycles. The highest BCUT2D eigenvalue weighted by molar-refractivity contribution is 7.89. The summed E-state index contributed by atoms with van der Waals surface area (Å²) in [6.07, 6.45) is 2.11. The highest BCUT2D eigenvalue weighted by Gasteiger charge is 2.09. The second kappa shape index (κ2) is 13.0. The Morgan fingerprint density at radius 2 is 1.74 bits per heavy atom. The molecule has 0 aromatic heterocycles. The van der Waals surface area contributed by atoms with Gasteiger partial charge in [0.2, 0.25) is 0 Å². The predicted octanol–water partition coefficient (Wildman–Crippen LogP) is 2.90. The summed E-state index contributed by atoms with van der Waals surface area (Å²) in [7, 11) is -1.47. The van der Waals surface area contributed by atoms with Crippen LogP contribution >= 0.6 is 0 Å². The summed E-state index contributed by atoms with van der Waals surface area (Å²) in [5, 5.41) is 6.65. The van der Waals surface area contributed by atoms with E-state index in [-0.39, 0.29) is 5.75 Å². The number of nitrogens with one attached hydrogen (secondary N) is 2. The van der Waals surface area contributed by atoms with Crippen LogP contribution in [-0.2, 0) is 33.4 Å². The van der Waals surface area contributed by atoms with E-state index in [2.05, 4.69) is 15.6 Å². The zero-order chi connectivity index (χ0) is 22.5. The Kier molecular flexibility index (Phi) is 10.3. The molecule has 7 nitrogen and oxygen atoms in total. The Labute approximate surface area is 185 Å². The van der Waals surface area contributed by atoms with E-state index in [1.54, 1.807) is 7.11 Å². The van der Waals surface area contributed by atoms with Gasteiger partial charge in [0.15, 0.2) is 15.8 Å². The van der Waals surface area contributed by atoms with Gasteiger partial charge in [-0.05, 0) is 42.2 Å². The third kappa shape index (κ3) is 9.85. The smallest absolute Gasteiger partial charge is 0.191 e. The minimum Gasteiger partial charge on any atom is -0.497 e. The number of hydrogen-bond donors (Lipinski definition) is 2. The van der Waals surface area contributed by atoms with Crippen molar-refractivity contribution in [2.75, 3.05) is 33.1 Å². The van der Waals surface area contributed by atoms with Crippen LogP contribution in [0.3, 0.4) is 0 Å². The van der Waals surface area contributed by atoms with E-state index in [4.69, 9.17) is 9.47 Å². The number of nitrogens with zero attached hydrogens (tertiary/aromatic N) is 1. The Morgan fingerprint density at radius 3 is 2.39 bits per heavy atom. The maximum atomic E-state index is 11.7. The van der Waals surface area contributed by atoms with Gasteiger partial charge in [0.25, 0.3) is 0 Å². The van der Waals surface area contributed by atoms with E-state index in [1.807, 2.05) is 55.5 Å². The molecule has 8 heteroatoms. The van der Waals surface area contributed by atoms with E-state index >= 15 is 0 Å². The molecule has 2 aromatic carbocycles.